The molecule has 6 rings (SSSR count). The van der Waals surface area contributed by atoms with Gasteiger partial charge < -0.3 is 10.1 Å². The minimum Gasteiger partial charge on any atom is -0.381 e. The number of allylic oxidation sites excluding steroid dienone is 2. The molecule has 1 N–H and O–H groups in total. The predicted octanol–water partition coefficient (Wildman–Crippen LogP) is 7.90. The highest BCUT2D eigenvalue weighted by atomic mass is 16.5. The van der Waals surface area contributed by atoms with Crippen LogP contribution in [-0.4, -0.2) is 30.9 Å². The Kier molecular flexibility index (Phi) is 6.81. The van der Waals surface area contributed by atoms with E-state index in [4.69, 9.17) is 4.74 Å². The molecule has 8 atom stereocenters. The van der Waals surface area contributed by atoms with E-state index in [0.717, 1.165) is 38.9 Å². The van der Waals surface area contributed by atoms with Crippen molar-refractivity contribution in [3.05, 3.63) is 11.1 Å². The molecule has 1 unspecified atom stereocenters. The minimum absolute atomic E-state index is 0.0866. The van der Waals surface area contributed by atoms with Crippen LogP contribution in [0.4, 0.5) is 0 Å². The standard InChI is InChI=1S/C36H57NO3/c1-22(2)29-25(38)21-33(5)17-18-35(7)24(30(29)33)9-10-27-34(6)15-12-28(37-31(39)23-13-19-40-20-14-23)32(3,4)26(34)11-16-36(27,35)8/h22-24,26-28H,9-21H2,1-8H3,(H,37,39)/t24-,26+,27-,28?,33+,34+,35-,36-/m1/s1. The van der Waals surface area contributed by atoms with Crippen molar-refractivity contribution in [2.45, 2.75) is 132 Å². The summed E-state index contributed by atoms with van der Waals surface area (Å²) in [4.78, 5) is 26.6. The molecule has 40 heavy (non-hydrogen) atoms. The van der Waals surface area contributed by atoms with Gasteiger partial charge >= 0.3 is 0 Å². The summed E-state index contributed by atoms with van der Waals surface area (Å²) in [6, 6.07) is 0.260. The zero-order valence-corrected chi connectivity index (χ0v) is 26.9. The topological polar surface area (TPSA) is 55.4 Å². The quantitative estimate of drug-likeness (QED) is 0.388. The van der Waals surface area contributed by atoms with Gasteiger partial charge in [0, 0.05) is 31.6 Å². The Morgan fingerprint density at radius 1 is 0.825 bits per heavy atom. The first kappa shape index (κ1) is 28.9. The summed E-state index contributed by atoms with van der Waals surface area (Å²) >= 11 is 0. The Morgan fingerprint density at radius 2 is 1.52 bits per heavy atom. The molecule has 4 nitrogen and oxygen atoms in total. The number of carbonyl (C=O) groups is 2. The van der Waals surface area contributed by atoms with Gasteiger partial charge in [0.2, 0.25) is 5.91 Å². The SMILES string of the molecule is CC(C)C1=C2[C@H]3CC[C@@H]4[C@@]5(C)CCC(NC(=O)C6CCOCC6)C(C)(C)[C@@H]5CC[C@@]4(C)[C@]3(C)CC[C@@]2(C)CC1=O. The van der Waals surface area contributed by atoms with Crippen molar-refractivity contribution in [2.24, 2.45) is 56.7 Å². The maximum absolute atomic E-state index is 13.4. The van der Waals surface area contributed by atoms with E-state index in [1.165, 1.54) is 50.5 Å². The van der Waals surface area contributed by atoms with Crippen LogP contribution in [0, 0.1) is 56.7 Å². The van der Waals surface area contributed by atoms with Crippen LogP contribution in [0.2, 0.25) is 0 Å². The van der Waals surface area contributed by atoms with E-state index in [0.29, 0.717) is 34.9 Å². The lowest BCUT2D eigenvalue weighted by Crippen LogP contribution is -2.67. The predicted molar refractivity (Wildman–Crippen MR) is 161 cm³/mol. The average molecular weight is 552 g/mol. The number of ketones is 1. The Bertz CT molecular complexity index is 1100. The van der Waals surface area contributed by atoms with Crippen molar-refractivity contribution in [1.29, 1.82) is 0 Å². The van der Waals surface area contributed by atoms with Gasteiger partial charge in [0.05, 0.1) is 0 Å². The number of nitrogens with one attached hydrogen (secondary N) is 1. The largest absolute Gasteiger partial charge is 0.381 e. The van der Waals surface area contributed by atoms with Gasteiger partial charge in [-0.15, -0.1) is 0 Å². The highest BCUT2D eigenvalue weighted by Gasteiger charge is 2.69. The number of carbonyl (C=O) groups excluding carboxylic acids is 2. The third-order valence-corrected chi connectivity index (χ3v) is 14.7. The van der Waals surface area contributed by atoms with Crippen LogP contribution in [-0.2, 0) is 14.3 Å². The molecule has 224 valence electrons. The van der Waals surface area contributed by atoms with Crippen LogP contribution in [0.15, 0.2) is 11.1 Å². The minimum atomic E-state index is 0.0866. The number of hydrogen-bond donors (Lipinski definition) is 1. The maximum Gasteiger partial charge on any atom is 0.223 e. The smallest absolute Gasteiger partial charge is 0.223 e. The Hall–Kier alpha value is -1.16. The maximum atomic E-state index is 13.4. The number of rotatable bonds is 3. The van der Waals surface area contributed by atoms with Crippen LogP contribution in [0.5, 0.6) is 0 Å². The average Bonchev–Trinajstić information content (AvgIpc) is 3.17. The van der Waals surface area contributed by atoms with Crippen LogP contribution >= 0.6 is 0 Å². The second-order valence-electron chi connectivity index (χ2n) is 17.1. The van der Waals surface area contributed by atoms with Gasteiger partial charge in [0.15, 0.2) is 5.78 Å². The molecule has 0 aromatic rings. The molecule has 0 aromatic carbocycles. The molecular formula is C36H57NO3. The van der Waals surface area contributed by atoms with E-state index in [9.17, 15) is 9.59 Å². The van der Waals surface area contributed by atoms with Crippen molar-refractivity contribution in [2.75, 3.05) is 13.2 Å². The van der Waals surface area contributed by atoms with Crippen molar-refractivity contribution < 1.29 is 14.3 Å². The molecule has 0 aromatic heterocycles. The van der Waals surface area contributed by atoms with Crippen molar-refractivity contribution in [1.82, 2.24) is 5.32 Å². The molecule has 0 bridgehead atoms. The van der Waals surface area contributed by atoms with E-state index in [1.54, 1.807) is 5.57 Å². The first-order valence-corrected chi connectivity index (χ1v) is 16.8. The third kappa shape index (κ3) is 3.85. The fourth-order valence-electron chi connectivity index (χ4n) is 12.4. The lowest BCUT2D eigenvalue weighted by molar-refractivity contribution is -0.216. The first-order chi connectivity index (χ1) is 18.7. The summed E-state index contributed by atoms with van der Waals surface area (Å²) in [7, 11) is 0. The summed E-state index contributed by atoms with van der Waals surface area (Å²) in [6.45, 7) is 21.2. The van der Waals surface area contributed by atoms with Crippen molar-refractivity contribution in [3.8, 4) is 0 Å². The fraction of sp³-hybridized carbons (Fsp3) is 0.889. The van der Waals surface area contributed by atoms with E-state index >= 15 is 0 Å². The zero-order valence-electron chi connectivity index (χ0n) is 26.9. The van der Waals surface area contributed by atoms with Gasteiger partial charge in [0.25, 0.3) is 0 Å². The van der Waals surface area contributed by atoms with Crippen molar-refractivity contribution in [3.63, 3.8) is 0 Å². The second kappa shape index (κ2) is 9.42. The highest BCUT2D eigenvalue weighted by molar-refractivity contribution is 6.00. The molecule has 0 radical (unpaired) electrons. The Labute approximate surface area is 244 Å². The number of hydrogen-bond acceptors (Lipinski definition) is 3. The van der Waals surface area contributed by atoms with Crippen LogP contribution in [0.1, 0.15) is 126 Å². The lowest BCUT2D eigenvalue weighted by Gasteiger charge is -2.72. The summed E-state index contributed by atoms with van der Waals surface area (Å²) in [5.74, 6) is 3.05. The zero-order chi connectivity index (χ0) is 28.9. The number of amides is 1. The number of ether oxygens (including phenoxy) is 1. The Balaban J connectivity index is 1.29. The van der Waals surface area contributed by atoms with E-state index in [-0.39, 0.29) is 39.5 Å². The molecule has 4 heteroatoms. The fourth-order valence-corrected chi connectivity index (χ4v) is 12.4. The summed E-state index contributed by atoms with van der Waals surface area (Å²) in [6.07, 6.45) is 12.3. The Morgan fingerprint density at radius 3 is 2.20 bits per heavy atom. The molecule has 1 heterocycles. The molecule has 5 aliphatic carbocycles. The summed E-state index contributed by atoms with van der Waals surface area (Å²) < 4.78 is 5.52. The van der Waals surface area contributed by atoms with Crippen molar-refractivity contribution >= 4 is 11.7 Å². The summed E-state index contributed by atoms with van der Waals surface area (Å²) in [5, 5.41) is 3.58. The van der Waals surface area contributed by atoms with Gasteiger partial charge in [-0.25, -0.2) is 0 Å². The number of Topliss-reactive ketones (excluding diaryl/α,β-unsaturated/α-hetero) is 1. The third-order valence-electron chi connectivity index (χ3n) is 14.7. The van der Waals surface area contributed by atoms with Gasteiger partial charge in [-0.1, -0.05) is 61.0 Å². The van der Waals surface area contributed by atoms with Gasteiger partial charge in [0.1, 0.15) is 0 Å². The van der Waals surface area contributed by atoms with Gasteiger partial charge in [-0.05, 0) is 121 Å². The van der Waals surface area contributed by atoms with Crippen LogP contribution in [0.3, 0.4) is 0 Å². The lowest BCUT2D eigenvalue weighted by atomic mass is 9.33. The van der Waals surface area contributed by atoms with E-state index < -0.39 is 0 Å². The highest BCUT2D eigenvalue weighted by Crippen LogP contribution is 2.76. The molecule has 1 saturated heterocycles. The van der Waals surface area contributed by atoms with Crippen LogP contribution in [0.25, 0.3) is 0 Å². The molecule has 5 fully saturated rings. The number of fused-ring (bicyclic) bond motifs is 7. The van der Waals surface area contributed by atoms with Crippen LogP contribution < -0.4 is 5.32 Å². The molecular weight excluding hydrogens is 494 g/mol. The molecule has 6 aliphatic rings. The van der Waals surface area contributed by atoms with E-state index in [2.05, 4.69) is 60.7 Å². The molecule has 1 aliphatic heterocycles. The molecule has 0 spiro atoms. The molecule has 1 amide bonds. The van der Waals surface area contributed by atoms with Gasteiger partial charge in [-0.3, -0.25) is 9.59 Å². The second-order valence-corrected chi connectivity index (χ2v) is 17.1. The first-order valence-electron chi connectivity index (χ1n) is 16.8. The normalized spacial score (nSPS) is 46.9. The van der Waals surface area contributed by atoms with E-state index in [1.807, 2.05) is 0 Å². The summed E-state index contributed by atoms with van der Waals surface area (Å²) in [5.41, 5.74) is 3.82. The molecule has 4 saturated carbocycles. The van der Waals surface area contributed by atoms with Gasteiger partial charge in [-0.2, -0.15) is 0 Å². The monoisotopic (exact) mass is 551 g/mol.